The molecule has 0 aliphatic rings. The Labute approximate surface area is 65.3 Å². The topological polar surface area (TPSA) is 45.4 Å². The Bertz CT molecular complexity index is 226. The van der Waals surface area contributed by atoms with Crippen LogP contribution in [0.5, 0.6) is 0 Å². The van der Waals surface area contributed by atoms with Gasteiger partial charge in [0.1, 0.15) is 5.76 Å². The molecule has 0 bridgehead atoms. The molecule has 0 atom stereocenters. The van der Waals surface area contributed by atoms with E-state index in [4.69, 9.17) is 9.62 Å². The van der Waals surface area contributed by atoms with E-state index < -0.39 is 0 Å². The first-order valence-corrected chi connectivity index (χ1v) is 3.40. The molecule has 2 N–H and O–H groups in total. The van der Waals surface area contributed by atoms with E-state index in [1.54, 1.807) is 6.26 Å². The summed E-state index contributed by atoms with van der Waals surface area (Å²) in [7, 11) is 0. The Morgan fingerprint density at radius 1 is 1.82 bits per heavy atom. The predicted molar refractivity (Wildman–Crippen MR) is 42.1 cm³/mol. The van der Waals surface area contributed by atoms with Gasteiger partial charge in [-0.05, 0) is 25.1 Å². The van der Waals surface area contributed by atoms with Crippen LogP contribution in [-0.4, -0.2) is 11.8 Å². The van der Waals surface area contributed by atoms with Crippen LogP contribution in [0.3, 0.4) is 0 Å². The van der Waals surface area contributed by atoms with Crippen molar-refractivity contribution >= 4 is 6.08 Å². The zero-order valence-corrected chi connectivity index (χ0v) is 6.37. The quantitative estimate of drug-likeness (QED) is 0.649. The van der Waals surface area contributed by atoms with Crippen LogP contribution >= 0.6 is 0 Å². The molecule has 1 rings (SSSR count). The maximum Gasteiger partial charge on any atom is 0.126 e. The highest BCUT2D eigenvalue weighted by Crippen LogP contribution is 2.05. The Morgan fingerprint density at radius 2 is 2.64 bits per heavy atom. The van der Waals surface area contributed by atoms with Gasteiger partial charge in [-0.15, -0.1) is 0 Å². The van der Waals surface area contributed by atoms with Crippen molar-refractivity contribution < 1.29 is 9.62 Å². The van der Waals surface area contributed by atoms with Gasteiger partial charge in [-0.25, -0.2) is 5.48 Å². The molecule has 60 valence electrons. The molecule has 0 aromatic carbocycles. The molecule has 11 heavy (non-hydrogen) atoms. The van der Waals surface area contributed by atoms with Crippen molar-refractivity contribution in [1.82, 2.24) is 5.48 Å². The molecule has 1 aromatic rings. The van der Waals surface area contributed by atoms with E-state index in [2.05, 4.69) is 5.48 Å². The van der Waals surface area contributed by atoms with Crippen LogP contribution in [0.25, 0.3) is 6.08 Å². The first-order valence-electron chi connectivity index (χ1n) is 3.40. The summed E-state index contributed by atoms with van der Waals surface area (Å²) in [6, 6.07) is 3.69. The SMILES string of the molecule is C/C(=C\c1ccco1)CNO. The van der Waals surface area contributed by atoms with Crippen LogP contribution in [0, 0.1) is 0 Å². The van der Waals surface area contributed by atoms with E-state index in [0.717, 1.165) is 11.3 Å². The Morgan fingerprint density at radius 3 is 3.18 bits per heavy atom. The van der Waals surface area contributed by atoms with Gasteiger partial charge in [0.25, 0.3) is 0 Å². The van der Waals surface area contributed by atoms with Crippen molar-refractivity contribution in [1.29, 1.82) is 0 Å². The fourth-order valence-electron chi connectivity index (χ4n) is 0.792. The third kappa shape index (κ3) is 2.57. The molecular weight excluding hydrogens is 142 g/mol. The Kier molecular flexibility index (Phi) is 2.89. The average molecular weight is 153 g/mol. The lowest BCUT2D eigenvalue weighted by molar-refractivity contribution is 0.177. The summed E-state index contributed by atoms with van der Waals surface area (Å²) in [6.07, 6.45) is 3.48. The monoisotopic (exact) mass is 153 g/mol. The summed E-state index contributed by atoms with van der Waals surface area (Å²) in [5.41, 5.74) is 3.09. The van der Waals surface area contributed by atoms with E-state index in [9.17, 15) is 0 Å². The highest BCUT2D eigenvalue weighted by molar-refractivity contribution is 5.46. The normalized spacial score (nSPS) is 12.0. The number of nitrogens with one attached hydrogen (secondary N) is 1. The fourth-order valence-corrected chi connectivity index (χ4v) is 0.792. The fraction of sp³-hybridized carbons (Fsp3) is 0.250. The van der Waals surface area contributed by atoms with Crippen LogP contribution in [0.1, 0.15) is 12.7 Å². The van der Waals surface area contributed by atoms with Crippen molar-refractivity contribution in [3.05, 3.63) is 29.7 Å². The maximum absolute atomic E-state index is 8.34. The van der Waals surface area contributed by atoms with Gasteiger partial charge in [0.15, 0.2) is 0 Å². The zero-order valence-electron chi connectivity index (χ0n) is 6.37. The van der Waals surface area contributed by atoms with Crippen molar-refractivity contribution in [2.24, 2.45) is 0 Å². The minimum atomic E-state index is 0.459. The standard InChI is InChI=1S/C8H11NO2/c1-7(6-9-10)5-8-3-2-4-11-8/h2-5,9-10H,6H2,1H3/b7-5+. The summed E-state index contributed by atoms with van der Waals surface area (Å²) < 4.78 is 5.06. The smallest absolute Gasteiger partial charge is 0.126 e. The highest BCUT2D eigenvalue weighted by atomic mass is 16.5. The summed E-state index contributed by atoms with van der Waals surface area (Å²) in [6.45, 7) is 2.37. The highest BCUT2D eigenvalue weighted by Gasteiger charge is 1.91. The second kappa shape index (κ2) is 3.95. The molecule has 0 saturated carbocycles. The van der Waals surface area contributed by atoms with Gasteiger partial charge in [0.05, 0.1) is 6.26 Å². The van der Waals surface area contributed by atoms with Gasteiger partial charge >= 0.3 is 0 Å². The molecular formula is C8H11NO2. The molecule has 0 aliphatic heterocycles. The van der Waals surface area contributed by atoms with Crippen LogP contribution in [0.2, 0.25) is 0 Å². The lowest BCUT2D eigenvalue weighted by atomic mass is 10.2. The molecule has 0 spiro atoms. The van der Waals surface area contributed by atoms with E-state index in [1.807, 2.05) is 25.1 Å². The minimum Gasteiger partial charge on any atom is -0.465 e. The second-order valence-electron chi connectivity index (χ2n) is 2.34. The molecule has 3 nitrogen and oxygen atoms in total. The Balaban J connectivity index is 2.58. The Hall–Kier alpha value is -1.06. The maximum atomic E-state index is 8.34. The van der Waals surface area contributed by atoms with Crippen molar-refractivity contribution in [2.75, 3.05) is 6.54 Å². The zero-order chi connectivity index (χ0) is 8.10. The van der Waals surface area contributed by atoms with Gasteiger partial charge in [-0.3, -0.25) is 0 Å². The van der Waals surface area contributed by atoms with E-state index in [1.165, 1.54) is 0 Å². The number of rotatable bonds is 3. The van der Waals surface area contributed by atoms with Crippen LogP contribution in [0.15, 0.2) is 28.4 Å². The third-order valence-electron chi connectivity index (χ3n) is 1.29. The number of hydrogen-bond acceptors (Lipinski definition) is 3. The molecule has 0 unspecified atom stereocenters. The van der Waals surface area contributed by atoms with Crippen LogP contribution in [-0.2, 0) is 0 Å². The minimum absolute atomic E-state index is 0.459. The molecule has 0 saturated heterocycles. The van der Waals surface area contributed by atoms with E-state index >= 15 is 0 Å². The van der Waals surface area contributed by atoms with E-state index in [0.29, 0.717) is 6.54 Å². The summed E-state index contributed by atoms with van der Waals surface area (Å²) >= 11 is 0. The van der Waals surface area contributed by atoms with Gasteiger partial charge in [-0.2, -0.15) is 0 Å². The van der Waals surface area contributed by atoms with Crippen LogP contribution in [0.4, 0.5) is 0 Å². The molecule has 1 heterocycles. The molecule has 3 heteroatoms. The molecule has 0 radical (unpaired) electrons. The largest absolute Gasteiger partial charge is 0.465 e. The van der Waals surface area contributed by atoms with Gasteiger partial charge in [0, 0.05) is 6.54 Å². The van der Waals surface area contributed by atoms with Gasteiger partial charge < -0.3 is 9.62 Å². The van der Waals surface area contributed by atoms with Crippen molar-refractivity contribution in [2.45, 2.75) is 6.92 Å². The summed E-state index contributed by atoms with van der Waals surface area (Å²) in [5.74, 6) is 0.803. The molecule has 0 amide bonds. The number of hydrogen-bond donors (Lipinski definition) is 2. The molecule has 0 aliphatic carbocycles. The predicted octanol–water partition coefficient (Wildman–Crippen LogP) is 1.66. The van der Waals surface area contributed by atoms with Crippen molar-refractivity contribution in [3.8, 4) is 0 Å². The average Bonchev–Trinajstić information content (AvgIpc) is 2.40. The van der Waals surface area contributed by atoms with E-state index in [-0.39, 0.29) is 0 Å². The summed E-state index contributed by atoms with van der Waals surface area (Å²) in [4.78, 5) is 0. The second-order valence-corrected chi connectivity index (χ2v) is 2.34. The third-order valence-corrected chi connectivity index (χ3v) is 1.29. The lowest BCUT2D eigenvalue weighted by Crippen LogP contribution is -2.09. The first-order chi connectivity index (χ1) is 5.33. The summed E-state index contributed by atoms with van der Waals surface area (Å²) in [5, 5.41) is 8.34. The number of furan rings is 1. The molecule has 0 fully saturated rings. The first kappa shape index (κ1) is 8.04. The van der Waals surface area contributed by atoms with Crippen LogP contribution < -0.4 is 5.48 Å². The van der Waals surface area contributed by atoms with Gasteiger partial charge in [0.2, 0.25) is 0 Å². The van der Waals surface area contributed by atoms with Crippen molar-refractivity contribution in [3.63, 3.8) is 0 Å². The molecule has 1 aromatic heterocycles. The number of hydroxylamine groups is 1. The lowest BCUT2D eigenvalue weighted by Gasteiger charge is -1.95. The van der Waals surface area contributed by atoms with Gasteiger partial charge in [-0.1, -0.05) is 5.57 Å².